The molecule has 0 amide bonds. The summed E-state index contributed by atoms with van der Waals surface area (Å²) in [5.74, 6) is 0. The van der Waals surface area contributed by atoms with Gasteiger partial charge >= 0.3 is 25.5 Å². The molecule has 3 nitrogen and oxygen atoms in total. The summed E-state index contributed by atoms with van der Waals surface area (Å²) in [6.45, 7) is 5.69. The van der Waals surface area contributed by atoms with E-state index in [2.05, 4.69) is 57.0 Å². The number of rotatable bonds is 4. The predicted molar refractivity (Wildman–Crippen MR) is 87.7 cm³/mol. The van der Waals surface area contributed by atoms with E-state index < -0.39 is 6.69 Å². The minimum Gasteiger partial charge on any atom is -0.507 e. The Morgan fingerprint density at radius 2 is 1.76 bits per heavy atom. The largest absolute Gasteiger partial charge is 1.00 e. The predicted octanol–water partition coefficient (Wildman–Crippen LogP) is -0.161. The second kappa shape index (κ2) is 7.09. The first-order valence-corrected chi connectivity index (χ1v) is 8.87. The summed E-state index contributed by atoms with van der Waals surface area (Å²) in [6, 6.07) is 7.39. The number of nitrogens with zero attached hydrogens (tertiary/aromatic N) is 1. The molecule has 0 N–H and O–H groups in total. The molecule has 0 saturated carbocycles. The summed E-state index contributed by atoms with van der Waals surface area (Å²) < 4.78 is 15.3. The van der Waals surface area contributed by atoms with Gasteiger partial charge in [-0.15, -0.1) is 0 Å². The van der Waals surface area contributed by atoms with Gasteiger partial charge in [0.05, 0.1) is 26.3 Å². The van der Waals surface area contributed by atoms with Gasteiger partial charge in [-0.2, -0.15) is 23.7 Å². The van der Waals surface area contributed by atoms with E-state index >= 15 is 0 Å². The van der Waals surface area contributed by atoms with E-state index in [1.807, 2.05) is 0 Å². The van der Waals surface area contributed by atoms with Crippen LogP contribution in [0.1, 0.15) is 19.8 Å². The summed E-state index contributed by atoms with van der Waals surface area (Å²) in [4.78, 5) is 0. The average molecular weight is 411 g/mol. The summed E-state index contributed by atoms with van der Waals surface area (Å²) in [6.07, 6.45) is 2.43. The second-order valence-corrected chi connectivity index (χ2v) is 7.47. The Morgan fingerprint density at radius 3 is 2.29 bits per heavy atom. The smallest absolute Gasteiger partial charge is 0.507 e. The number of fused-ring (bicyclic) bond motifs is 1. The second-order valence-electron chi connectivity index (χ2n) is 5.77. The Labute approximate surface area is 155 Å². The summed E-state index contributed by atoms with van der Waals surface area (Å²) in [5.41, 5.74) is 1.15. The number of quaternary nitrogens is 1. The molecule has 2 heterocycles. The molecule has 0 unspecified atom stereocenters. The summed E-state index contributed by atoms with van der Waals surface area (Å²) in [7, 11) is 0. The Kier molecular flexibility index (Phi) is 6.10. The van der Waals surface area contributed by atoms with E-state index in [-0.39, 0.29) is 18.9 Å². The molecule has 3 rings (SSSR count). The maximum atomic E-state index is 6.22. The van der Waals surface area contributed by atoms with Gasteiger partial charge in [0.1, 0.15) is 0 Å². The first-order valence-electron chi connectivity index (χ1n) is 7.28. The van der Waals surface area contributed by atoms with E-state index in [4.69, 9.17) is 9.31 Å². The Bertz CT molecular complexity index is 487. The maximum absolute atomic E-state index is 6.22. The Hall–Kier alpha value is 0.722. The van der Waals surface area contributed by atoms with Crippen molar-refractivity contribution in [2.45, 2.75) is 19.8 Å². The maximum Gasteiger partial charge on any atom is 1.00 e. The molecule has 110 valence electrons. The van der Waals surface area contributed by atoms with E-state index in [0.29, 0.717) is 0 Å². The Morgan fingerprint density at radius 1 is 1.19 bits per heavy atom. The fourth-order valence-electron chi connectivity index (χ4n) is 3.71. The van der Waals surface area contributed by atoms with Crippen molar-refractivity contribution >= 4 is 44.0 Å². The third kappa shape index (κ3) is 3.06. The van der Waals surface area contributed by atoms with Crippen molar-refractivity contribution in [2.75, 3.05) is 32.8 Å². The van der Waals surface area contributed by atoms with Gasteiger partial charge in [0, 0.05) is 6.54 Å². The van der Waals surface area contributed by atoms with E-state index in [9.17, 15) is 0 Å². The van der Waals surface area contributed by atoms with Gasteiger partial charge in [0.15, 0.2) is 0 Å². The molecule has 1 aromatic rings. The van der Waals surface area contributed by atoms with Gasteiger partial charge in [-0.05, 0) is 6.42 Å². The fourth-order valence-corrected chi connectivity index (χ4v) is 4.93. The van der Waals surface area contributed by atoms with Crippen LogP contribution in [0, 0.1) is 6.07 Å². The van der Waals surface area contributed by atoms with Gasteiger partial charge in [-0.1, -0.05) is 54.1 Å². The zero-order valence-corrected chi connectivity index (χ0v) is 15.9. The summed E-state index contributed by atoms with van der Waals surface area (Å²) >= 11 is 7.06. The number of hydrogen-bond acceptors (Lipinski definition) is 2. The molecule has 0 atom stereocenters. The number of unbranched alkanes of at least 4 members (excludes halogenated alkanes) is 1. The molecular formula is C14H19BBr2LiNO2. The van der Waals surface area contributed by atoms with Crippen molar-refractivity contribution < 1.29 is 32.6 Å². The molecule has 0 bridgehead atoms. The van der Waals surface area contributed by atoms with Gasteiger partial charge in [0.25, 0.3) is 0 Å². The van der Waals surface area contributed by atoms with E-state index in [1.54, 1.807) is 0 Å². The third-order valence-electron chi connectivity index (χ3n) is 4.69. The van der Waals surface area contributed by atoms with Crippen LogP contribution in [0.3, 0.4) is 0 Å². The van der Waals surface area contributed by atoms with Gasteiger partial charge in [-0.25, -0.2) is 0 Å². The van der Waals surface area contributed by atoms with Crippen molar-refractivity contribution in [1.82, 2.24) is 0 Å². The van der Waals surface area contributed by atoms with Crippen LogP contribution in [0.15, 0.2) is 21.1 Å². The topological polar surface area (TPSA) is 18.5 Å². The molecule has 1 aromatic carbocycles. The van der Waals surface area contributed by atoms with Crippen LogP contribution in [0.4, 0.5) is 0 Å². The molecule has 0 spiro atoms. The van der Waals surface area contributed by atoms with Crippen LogP contribution in [0.2, 0.25) is 0 Å². The van der Waals surface area contributed by atoms with Crippen LogP contribution < -0.4 is 24.3 Å². The molecule has 2 aliphatic rings. The van der Waals surface area contributed by atoms with Crippen molar-refractivity contribution in [3.63, 3.8) is 0 Å². The first-order chi connectivity index (χ1) is 9.62. The van der Waals surface area contributed by atoms with E-state index in [1.165, 1.54) is 12.8 Å². The SMILES string of the molecule is CCCC[N+]12CCO[B-]1(c1cc(Br)[c-]c(Br)c1)OCC2.[Li+]. The van der Waals surface area contributed by atoms with Crippen LogP contribution in [0.5, 0.6) is 0 Å². The normalized spacial score (nSPS) is 31.0. The molecule has 7 heteroatoms. The van der Waals surface area contributed by atoms with E-state index in [0.717, 1.165) is 51.7 Å². The number of benzene rings is 1. The molecule has 0 aliphatic carbocycles. The molecule has 2 aliphatic heterocycles. The molecule has 2 fully saturated rings. The van der Waals surface area contributed by atoms with Crippen LogP contribution in [0.25, 0.3) is 0 Å². The van der Waals surface area contributed by atoms with Crippen molar-refractivity contribution in [2.24, 2.45) is 0 Å². The third-order valence-corrected chi connectivity index (χ3v) is 5.54. The fraction of sp³-hybridized carbons (Fsp3) is 0.571. The zero-order valence-electron chi connectivity index (χ0n) is 12.7. The van der Waals surface area contributed by atoms with Crippen LogP contribution in [-0.2, 0) is 9.31 Å². The van der Waals surface area contributed by atoms with Gasteiger partial charge < -0.3 is 13.7 Å². The monoisotopic (exact) mass is 409 g/mol. The molecule has 0 radical (unpaired) electrons. The van der Waals surface area contributed by atoms with Gasteiger partial charge in [-0.3, -0.25) is 0 Å². The zero-order chi connectivity index (χ0) is 14.2. The minimum absolute atomic E-state index is 0. The summed E-state index contributed by atoms with van der Waals surface area (Å²) in [5, 5.41) is 0. The van der Waals surface area contributed by atoms with Gasteiger partial charge in [0.2, 0.25) is 0 Å². The first kappa shape index (κ1) is 18.1. The number of hydrogen-bond donors (Lipinski definition) is 0. The van der Waals surface area contributed by atoms with Crippen molar-refractivity contribution in [3.8, 4) is 0 Å². The molecule has 2 saturated heterocycles. The molecular weight excluding hydrogens is 392 g/mol. The standard InChI is InChI=1S/C14H19BBr2NO2.Li/c1-2-3-4-18-5-7-19-15(18,20-8-6-18)12-9-13(16)11-14(17)10-12;/h9-10H,2-8H2,1H3;/q-1;+1. The quantitative estimate of drug-likeness (QED) is 0.507. The molecule has 21 heavy (non-hydrogen) atoms. The van der Waals surface area contributed by atoms with Crippen molar-refractivity contribution in [3.05, 3.63) is 27.1 Å². The average Bonchev–Trinajstić information content (AvgIpc) is 2.90. The number of halogens is 2. The van der Waals surface area contributed by atoms with Crippen LogP contribution >= 0.6 is 31.9 Å². The molecule has 0 aromatic heterocycles. The van der Waals surface area contributed by atoms with Crippen LogP contribution in [-0.4, -0.2) is 43.9 Å². The van der Waals surface area contributed by atoms with Crippen molar-refractivity contribution in [1.29, 1.82) is 0 Å². The minimum atomic E-state index is -1.40. The Balaban J connectivity index is 0.00000161.